The summed E-state index contributed by atoms with van der Waals surface area (Å²) in [7, 11) is 1.11. The highest BCUT2D eigenvalue weighted by molar-refractivity contribution is 6.00. The lowest BCUT2D eigenvalue weighted by atomic mass is 9.86. The van der Waals surface area contributed by atoms with Crippen LogP contribution in [0.4, 0.5) is 8.78 Å². The number of rotatable bonds is 6. The predicted molar refractivity (Wildman–Crippen MR) is 96.0 cm³/mol. The van der Waals surface area contributed by atoms with Gasteiger partial charge in [-0.05, 0) is 44.1 Å². The van der Waals surface area contributed by atoms with Crippen molar-refractivity contribution in [1.82, 2.24) is 16.0 Å². The van der Waals surface area contributed by atoms with E-state index in [2.05, 4.69) is 30.2 Å². The van der Waals surface area contributed by atoms with Gasteiger partial charge in [0.2, 0.25) is 5.91 Å². The molecular weight excluding hydrogens is 408 g/mol. The van der Waals surface area contributed by atoms with Gasteiger partial charge in [0, 0.05) is 5.56 Å². The number of carbonyl (C=O) groups is 3. The molecule has 1 saturated heterocycles. The van der Waals surface area contributed by atoms with Crippen molar-refractivity contribution in [2.24, 2.45) is 0 Å². The van der Waals surface area contributed by atoms with Gasteiger partial charge in [0.15, 0.2) is 17.5 Å². The smallest absolute Gasteiger partial charge is 0.467 e. The SMILES string of the molecule is COC(=O)C(CO)NC(=O)C1(NC(=O)c2ccc3c(c2)OC(F)(F)O3)CCNCC1. The van der Waals surface area contributed by atoms with Crippen LogP contribution >= 0.6 is 0 Å². The first-order valence-corrected chi connectivity index (χ1v) is 9.12. The van der Waals surface area contributed by atoms with Crippen molar-refractivity contribution in [3.63, 3.8) is 0 Å². The summed E-state index contributed by atoms with van der Waals surface area (Å²) in [5, 5.41) is 17.4. The largest absolute Gasteiger partial charge is 0.586 e. The fourth-order valence-corrected chi connectivity index (χ4v) is 3.26. The van der Waals surface area contributed by atoms with E-state index in [4.69, 9.17) is 0 Å². The van der Waals surface area contributed by atoms with Crippen LogP contribution in [0.1, 0.15) is 23.2 Å². The molecule has 164 valence electrons. The number of halogens is 2. The monoisotopic (exact) mass is 429 g/mol. The van der Waals surface area contributed by atoms with Gasteiger partial charge in [0.05, 0.1) is 13.7 Å². The number of ether oxygens (including phenoxy) is 3. The van der Waals surface area contributed by atoms with Gasteiger partial charge in [-0.3, -0.25) is 9.59 Å². The average molecular weight is 429 g/mol. The number of nitrogens with one attached hydrogen (secondary N) is 3. The van der Waals surface area contributed by atoms with Crippen LogP contribution in [-0.4, -0.2) is 67.6 Å². The summed E-state index contributed by atoms with van der Waals surface area (Å²) in [4.78, 5) is 37.4. The van der Waals surface area contributed by atoms with E-state index in [0.717, 1.165) is 13.2 Å². The molecule has 30 heavy (non-hydrogen) atoms. The molecule has 1 unspecified atom stereocenters. The molecule has 2 aliphatic rings. The van der Waals surface area contributed by atoms with Crippen LogP contribution in [0.5, 0.6) is 11.5 Å². The zero-order valence-electron chi connectivity index (χ0n) is 16.0. The number of benzene rings is 1. The number of esters is 1. The molecule has 0 aliphatic carbocycles. The molecule has 12 heteroatoms. The number of amides is 2. The molecule has 0 aromatic heterocycles. The Balaban J connectivity index is 1.79. The molecule has 2 aliphatic heterocycles. The summed E-state index contributed by atoms with van der Waals surface area (Å²) >= 11 is 0. The first kappa shape index (κ1) is 21.7. The Bertz CT molecular complexity index is 843. The number of fused-ring (bicyclic) bond motifs is 1. The minimum Gasteiger partial charge on any atom is -0.467 e. The number of alkyl halides is 2. The number of methoxy groups -OCH3 is 1. The minimum atomic E-state index is -3.82. The van der Waals surface area contributed by atoms with Crippen LogP contribution in [0, 0.1) is 0 Å². The first-order chi connectivity index (χ1) is 14.2. The highest BCUT2D eigenvalue weighted by Crippen LogP contribution is 2.41. The van der Waals surface area contributed by atoms with Crippen LogP contribution in [0.15, 0.2) is 18.2 Å². The van der Waals surface area contributed by atoms with E-state index in [1.807, 2.05) is 0 Å². The molecular formula is C18H21F2N3O7. The van der Waals surface area contributed by atoms with E-state index < -0.39 is 42.3 Å². The van der Waals surface area contributed by atoms with Gasteiger partial charge in [0.1, 0.15) is 5.54 Å². The molecule has 1 fully saturated rings. The second-order valence-corrected chi connectivity index (χ2v) is 6.85. The Morgan fingerprint density at radius 2 is 1.90 bits per heavy atom. The second-order valence-electron chi connectivity index (χ2n) is 6.85. The van der Waals surface area contributed by atoms with Gasteiger partial charge < -0.3 is 35.3 Å². The molecule has 2 heterocycles. The molecule has 0 saturated carbocycles. The van der Waals surface area contributed by atoms with Crippen molar-refractivity contribution in [2.75, 3.05) is 26.8 Å². The molecule has 1 aromatic rings. The third-order valence-electron chi connectivity index (χ3n) is 4.88. The number of aliphatic hydroxyl groups excluding tert-OH is 1. The third-order valence-corrected chi connectivity index (χ3v) is 4.88. The second kappa shape index (κ2) is 8.40. The van der Waals surface area contributed by atoms with Crippen LogP contribution in [0.3, 0.4) is 0 Å². The molecule has 10 nitrogen and oxygen atoms in total. The van der Waals surface area contributed by atoms with Gasteiger partial charge in [0.25, 0.3) is 5.91 Å². The fourth-order valence-electron chi connectivity index (χ4n) is 3.26. The van der Waals surface area contributed by atoms with Gasteiger partial charge >= 0.3 is 12.3 Å². The maximum atomic E-state index is 13.2. The van der Waals surface area contributed by atoms with E-state index in [0.29, 0.717) is 13.1 Å². The van der Waals surface area contributed by atoms with Crippen LogP contribution in [0.25, 0.3) is 0 Å². The molecule has 4 N–H and O–H groups in total. The summed E-state index contributed by atoms with van der Waals surface area (Å²) in [6.45, 7) is 0.128. The number of carbonyl (C=O) groups excluding carboxylic acids is 3. The molecule has 2 amide bonds. The number of hydrogen-bond acceptors (Lipinski definition) is 8. The maximum Gasteiger partial charge on any atom is 0.586 e. The lowest BCUT2D eigenvalue weighted by molar-refractivity contribution is -0.286. The average Bonchev–Trinajstić information content (AvgIpc) is 3.04. The summed E-state index contributed by atoms with van der Waals surface area (Å²) in [6.07, 6.45) is -3.42. The number of hydrogen-bond donors (Lipinski definition) is 4. The normalized spacial score (nSPS) is 19.5. The van der Waals surface area contributed by atoms with Crippen LogP contribution < -0.4 is 25.4 Å². The van der Waals surface area contributed by atoms with Gasteiger partial charge in [-0.1, -0.05) is 0 Å². The molecule has 0 bridgehead atoms. The van der Waals surface area contributed by atoms with E-state index in [1.165, 1.54) is 12.1 Å². The Kier molecular flexibility index (Phi) is 6.08. The van der Waals surface area contributed by atoms with E-state index in [1.54, 1.807) is 0 Å². The molecule has 1 aromatic carbocycles. The van der Waals surface area contributed by atoms with Crippen LogP contribution in [-0.2, 0) is 14.3 Å². The van der Waals surface area contributed by atoms with Crippen molar-refractivity contribution in [3.8, 4) is 11.5 Å². The Morgan fingerprint density at radius 3 is 2.53 bits per heavy atom. The molecule has 1 atom stereocenters. The highest BCUT2D eigenvalue weighted by Gasteiger charge is 2.45. The summed E-state index contributed by atoms with van der Waals surface area (Å²) in [5.74, 6) is -2.73. The quantitative estimate of drug-likeness (QED) is 0.445. The zero-order chi connectivity index (χ0) is 21.9. The molecule has 3 rings (SSSR count). The number of aliphatic hydroxyl groups is 1. The van der Waals surface area contributed by atoms with Gasteiger partial charge in [-0.2, -0.15) is 0 Å². The standard InChI is InChI=1S/C18H21F2N3O7/c1-28-15(26)11(9-24)22-16(27)17(4-6-21-7-5-17)23-14(25)10-2-3-12-13(8-10)30-18(19,20)29-12/h2-3,8,11,21,24H,4-7,9H2,1H3,(H,22,27)(H,23,25). The molecule has 0 spiro atoms. The van der Waals surface area contributed by atoms with Crippen molar-refractivity contribution in [3.05, 3.63) is 23.8 Å². The Hall–Kier alpha value is -2.99. The van der Waals surface area contributed by atoms with E-state index >= 15 is 0 Å². The van der Waals surface area contributed by atoms with E-state index in [-0.39, 0.29) is 29.9 Å². The van der Waals surface area contributed by atoms with Crippen molar-refractivity contribution < 1.29 is 42.5 Å². The van der Waals surface area contributed by atoms with Gasteiger partial charge in [-0.15, -0.1) is 8.78 Å². The van der Waals surface area contributed by atoms with Gasteiger partial charge in [-0.25, -0.2) is 4.79 Å². The first-order valence-electron chi connectivity index (χ1n) is 9.12. The van der Waals surface area contributed by atoms with Crippen molar-refractivity contribution in [1.29, 1.82) is 0 Å². The van der Waals surface area contributed by atoms with Crippen molar-refractivity contribution in [2.45, 2.75) is 30.7 Å². The van der Waals surface area contributed by atoms with E-state index in [9.17, 15) is 28.3 Å². The third kappa shape index (κ3) is 4.44. The lowest BCUT2D eigenvalue weighted by Gasteiger charge is -2.37. The highest BCUT2D eigenvalue weighted by atomic mass is 19.3. The Labute approximate surface area is 169 Å². The summed E-state index contributed by atoms with van der Waals surface area (Å²) in [6, 6.07) is 2.22. The maximum absolute atomic E-state index is 13.2. The Morgan fingerprint density at radius 1 is 1.23 bits per heavy atom. The minimum absolute atomic E-state index is 0.0209. The fraction of sp³-hybridized carbons (Fsp3) is 0.500. The topological polar surface area (TPSA) is 135 Å². The molecule has 0 radical (unpaired) electrons. The van der Waals surface area contributed by atoms with Crippen molar-refractivity contribution >= 4 is 17.8 Å². The number of piperidine rings is 1. The predicted octanol–water partition coefficient (Wildman–Crippen LogP) is -0.490. The summed E-state index contributed by atoms with van der Waals surface area (Å²) < 4.78 is 39.6. The lowest BCUT2D eigenvalue weighted by Crippen LogP contribution is -2.65. The van der Waals surface area contributed by atoms with Crippen LogP contribution in [0.2, 0.25) is 0 Å². The summed E-state index contributed by atoms with van der Waals surface area (Å²) in [5.41, 5.74) is -1.41. The zero-order valence-corrected chi connectivity index (χ0v) is 16.0.